The second-order valence-corrected chi connectivity index (χ2v) is 3.72. The summed E-state index contributed by atoms with van der Waals surface area (Å²) >= 11 is 0. The van der Waals surface area contributed by atoms with Crippen LogP contribution in [-0.2, 0) is 11.2 Å². The highest BCUT2D eigenvalue weighted by Gasteiger charge is 2.17. The summed E-state index contributed by atoms with van der Waals surface area (Å²) in [7, 11) is 1.60. The molecule has 0 amide bonds. The fourth-order valence-electron chi connectivity index (χ4n) is 1.62. The van der Waals surface area contributed by atoms with E-state index in [4.69, 9.17) is 14.0 Å². The first-order valence-electron chi connectivity index (χ1n) is 5.86. The summed E-state index contributed by atoms with van der Waals surface area (Å²) in [5.74, 6) is 0.408. The van der Waals surface area contributed by atoms with Gasteiger partial charge in [0.05, 0.1) is 13.7 Å². The van der Waals surface area contributed by atoms with Crippen molar-refractivity contribution in [3.05, 3.63) is 41.5 Å². The van der Waals surface area contributed by atoms with E-state index >= 15 is 0 Å². The van der Waals surface area contributed by atoms with Crippen LogP contribution in [0.5, 0.6) is 5.75 Å². The van der Waals surface area contributed by atoms with Gasteiger partial charge in [-0.25, -0.2) is 4.79 Å². The van der Waals surface area contributed by atoms with E-state index in [2.05, 4.69) is 10.1 Å². The number of esters is 1. The molecule has 0 aliphatic heterocycles. The van der Waals surface area contributed by atoms with E-state index in [0.29, 0.717) is 12.2 Å². The highest BCUT2D eigenvalue weighted by Crippen LogP contribution is 2.19. The molecule has 0 aliphatic carbocycles. The second-order valence-electron chi connectivity index (χ2n) is 3.72. The number of nitrogens with zero attached hydrogens (tertiary/aromatic N) is 2. The number of carbonyl (C=O) groups excluding carboxylic acids is 1. The number of para-hydroxylation sites is 1. The molecule has 100 valence electrons. The minimum absolute atomic E-state index is 0.133. The average molecular weight is 262 g/mol. The number of hydrogen-bond acceptors (Lipinski definition) is 6. The quantitative estimate of drug-likeness (QED) is 0.765. The molecule has 0 fully saturated rings. The number of benzene rings is 1. The van der Waals surface area contributed by atoms with Crippen LogP contribution in [0.25, 0.3) is 0 Å². The largest absolute Gasteiger partial charge is 0.496 e. The first-order chi connectivity index (χ1) is 9.24. The van der Waals surface area contributed by atoms with E-state index in [1.807, 2.05) is 24.3 Å². The van der Waals surface area contributed by atoms with Gasteiger partial charge >= 0.3 is 11.9 Å². The predicted molar refractivity (Wildman–Crippen MR) is 66.1 cm³/mol. The SMILES string of the molecule is CCOC(=O)c1nc(Cc2ccccc2OC)no1. The van der Waals surface area contributed by atoms with E-state index < -0.39 is 5.97 Å². The molecule has 1 heterocycles. The van der Waals surface area contributed by atoms with Gasteiger partial charge < -0.3 is 14.0 Å². The molecule has 0 unspecified atom stereocenters. The number of hydrogen-bond donors (Lipinski definition) is 0. The first kappa shape index (κ1) is 13.1. The first-order valence-corrected chi connectivity index (χ1v) is 5.86. The third-order valence-corrected chi connectivity index (χ3v) is 2.46. The Balaban J connectivity index is 2.13. The normalized spacial score (nSPS) is 10.2. The van der Waals surface area contributed by atoms with Crippen molar-refractivity contribution < 1.29 is 18.8 Å². The number of ether oxygens (including phenoxy) is 2. The molecule has 0 spiro atoms. The van der Waals surface area contributed by atoms with E-state index in [-0.39, 0.29) is 12.5 Å². The van der Waals surface area contributed by atoms with Crippen LogP contribution in [-0.4, -0.2) is 29.8 Å². The van der Waals surface area contributed by atoms with Crippen LogP contribution in [0.4, 0.5) is 0 Å². The molecule has 19 heavy (non-hydrogen) atoms. The molecule has 2 rings (SSSR count). The molecule has 0 atom stereocenters. The van der Waals surface area contributed by atoms with Crippen molar-refractivity contribution >= 4 is 5.97 Å². The molecule has 1 aromatic carbocycles. The summed E-state index contributed by atoms with van der Waals surface area (Å²) in [5, 5.41) is 3.75. The van der Waals surface area contributed by atoms with E-state index in [9.17, 15) is 4.79 Å². The molecule has 0 saturated heterocycles. The standard InChI is InChI=1S/C13H14N2O4/c1-3-18-13(16)12-14-11(15-19-12)8-9-6-4-5-7-10(9)17-2/h4-7H,3,8H2,1-2H3. The summed E-state index contributed by atoms with van der Waals surface area (Å²) in [6.45, 7) is 1.98. The molecular formula is C13H14N2O4. The lowest BCUT2D eigenvalue weighted by Gasteiger charge is -2.04. The summed E-state index contributed by atoms with van der Waals surface area (Å²) in [6.07, 6.45) is 0.424. The summed E-state index contributed by atoms with van der Waals surface area (Å²) < 4.78 is 14.9. The Labute approximate surface area is 110 Å². The maximum absolute atomic E-state index is 11.4. The Hall–Kier alpha value is -2.37. The molecule has 0 aliphatic rings. The van der Waals surface area contributed by atoms with Gasteiger partial charge in [-0.3, -0.25) is 0 Å². The summed E-state index contributed by atoms with van der Waals surface area (Å²) in [4.78, 5) is 15.4. The van der Waals surface area contributed by atoms with Crippen molar-refractivity contribution in [1.29, 1.82) is 0 Å². The zero-order valence-electron chi connectivity index (χ0n) is 10.8. The Morgan fingerprint density at radius 3 is 2.89 bits per heavy atom. The van der Waals surface area contributed by atoms with Gasteiger partial charge in [-0.2, -0.15) is 4.98 Å². The maximum Gasteiger partial charge on any atom is 0.397 e. The van der Waals surface area contributed by atoms with Gasteiger partial charge in [0.1, 0.15) is 5.75 Å². The average Bonchev–Trinajstić information content (AvgIpc) is 2.88. The number of rotatable bonds is 5. The Morgan fingerprint density at radius 2 is 2.16 bits per heavy atom. The molecular weight excluding hydrogens is 248 g/mol. The zero-order chi connectivity index (χ0) is 13.7. The lowest BCUT2D eigenvalue weighted by Crippen LogP contribution is -2.05. The van der Waals surface area contributed by atoms with E-state index in [1.54, 1.807) is 14.0 Å². The topological polar surface area (TPSA) is 74.5 Å². The van der Waals surface area contributed by atoms with Gasteiger partial charge in [-0.05, 0) is 13.0 Å². The van der Waals surface area contributed by atoms with Gasteiger partial charge in [0.25, 0.3) is 0 Å². The highest BCUT2D eigenvalue weighted by molar-refractivity contribution is 5.83. The fourth-order valence-corrected chi connectivity index (χ4v) is 1.62. The predicted octanol–water partition coefficient (Wildman–Crippen LogP) is 1.85. The smallest absolute Gasteiger partial charge is 0.397 e. The minimum Gasteiger partial charge on any atom is -0.496 e. The van der Waals surface area contributed by atoms with Crippen LogP contribution in [0.1, 0.15) is 29.0 Å². The molecule has 0 saturated carbocycles. The molecule has 0 N–H and O–H groups in total. The zero-order valence-corrected chi connectivity index (χ0v) is 10.8. The molecule has 2 aromatic rings. The Bertz CT molecular complexity index is 565. The second kappa shape index (κ2) is 5.99. The summed E-state index contributed by atoms with van der Waals surface area (Å²) in [6, 6.07) is 7.52. The number of carbonyl (C=O) groups is 1. The Kier molecular flexibility index (Phi) is 4.12. The van der Waals surface area contributed by atoms with Gasteiger partial charge in [-0.1, -0.05) is 23.4 Å². The van der Waals surface area contributed by atoms with Gasteiger partial charge in [-0.15, -0.1) is 0 Å². The highest BCUT2D eigenvalue weighted by atomic mass is 16.6. The van der Waals surface area contributed by atoms with Gasteiger partial charge in [0.2, 0.25) is 0 Å². The van der Waals surface area contributed by atoms with Crippen LogP contribution < -0.4 is 4.74 Å². The molecule has 6 heteroatoms. The third-order valence-electron chi connectivity index (χ3n) is 2.46. The van der Waals surface area contributed by atoms with Crippen LogP contribution >= 0.6 is 0 Å². The summed E-state index contributed by atoms with van der Waals surface area (Å²) in [5.41, 5.74) is 0.918. The van der Waals surface area contributed by atoms with Gasteiger partial charge in [0, 0.05) is 12.0 Å². The van der Waals surface area contributed by atoms with Crippen molar-refractivity contribution in [2.45, 2.75) is 13.3 Å². The third kappa shape index (κ3) is 3.09. The van der Waals surface area contributed by atoms with Crippen LogP contribution in [0.2, 0.25) is 0 Å². The van der Waals surface area contributed by atoms with Crippen molar-refractivity contribution in [2.24, 2.45) is 0 Å². The van der Waals surface area contributed by atoms with Crippen molar-refractivity contribution in [3.8, 4) is 5.75 Å². The minimum atomic E-state index is -0.610. The van der Waals surface area contributed by atoms with Crippen molar-refractivity contribution in [2.75, 3.05) is 13.7 Å². The van der Waals surface area contributed by atoms with E-state index in [1.165, 1.54) is 0 Å². The fraction of sp³-hybridized carbons (Fsp3) is 0.308. The lowest BCUT2D eigenvalue weighted by atomic mass is 10.1. The maximum atomic E-state index is 11.4. The van der Waals surface area contributed by atoms with Crippen molar-refractivity contribution in [3.63, 3.8) is 0 Å². The molecule has 0 bridgehead atoms. The Morgan fingerprint density at radius 1 is 1.37 bits per heavy atom. The van der Waals surface area contributed by atoms with E-state index in [0.717, 1.165) is 11.3 Å². The van der Waals surface area contributed by atoms with Crippen molar-refractivity contribution in [1.82, 2.24) is 10.1 Å². The lowest BCUT2D eigenvalue weighted by molar-refractivity contribution is 0.0470. The van der Waals surface area contributed by atoms with Crippen LogP contribution in [0.3, 0.4) is 0 Å². The van der Waals surface area contributed by atoms with Crippen LogP contribution in [0.15, 0.2) is 28.8 Å². The molecule has 6 nitrogen and oxygen atoms in total. The molecule has 0 radical (unpaired) electrons. The number of methoxy groups -OCH3 is 1. The van der Waals surface area contributed by atoms with Crippen LogP contribution in [0, 0.1) is 0 Å². The molecule has 1 aromatic heterocycles. The van der Waals surface area contributed by atoms with Gasteiger partial charge in [0.15, 0.2) is 5.82 Å². The number of aromatic nitrogens is 2. The monoisotopic (exact) mass is 262 g/mol.